The number of piperidine rings is 1. The number of aromatic nitrogens is 3. The lowest BCUT2D eigenvalue weighted by Crippen LogP contribution is -2.18. The predicted molar refractivity (Wildman–Crippen MR) is 91.9 cm³/mol. The SMILES string of the molecule is Nc1ncc(-c2cn(C3C4CNC[C@@H]43)c(CC3CC3)n2)cc1OC(F)(F)F. The monoisotopic (exact) mass is 379 g/mol. The molecule has 1 aliphatic heterocycles. The first-order chi connectivity index (χ1) is 12.9. The number of nitrogens with one attached hydrogen (secondary N) is 1. The lowest BCUT2D eigenvalue weighted by Gasteiger charge is -2.11. The standard InChI is InChI=1S/C18H20F3N5O/c19-18(20,21)27-14-4-10(5-24-17(14)22)13-8-26(15(25-13)3-9-1-2-9)16-11-6-23-7-12(11)16/h4-5,8-9,11-12,16,23H,1-3,6-7H2,(H2,22,24)/t11-,12?,16?/m0/s1. The van der Waals surface area contributed by atoms with Crippen molar-refractivity contribution in [1.29, 1.82) is 0 Å². The first-order valence-electron chi connectivity index (χ1n) is 9.19. The number of anilines is 1. The van der Waals surface area contributed by atoms with Crippen LogP contribution in [0.3, 0.4) is 0 Å². The van der Waals surface area contributed by atoms with Gasteiger partial charge in [0.15, 0.2) is 11.6 Å². The van der Waals surface area contributed by atoms with Gasteiger partial charge in [0.05, 0.1) is 5.69 Å². The third kappa shape index (κ3) is 3.24. The zero-order chi connectivity index (χ0) is 18.8. The Hall–Kier alpha value is -2.29. The quantitative estimate of drug-likeness (QED) is 0.835. The van der Waals surface area contributed by atoms with E-state index in [0.717, 1.165) is 25.3 Å². The van der Waals surface area contributed by atoms with Gasteiger partial charge in [-0.15, -0.1) is 13.2 Å². The Morgan fingerprint density at radius 1 is 1.26 bits per heavy atom. The van der Waals surface area contributed by atoms with Gasteiger partial charge in [-0.1, -0.05) is 0 Å². The van der Waals surface area contributed by atoms with Crippen LogP contribution in [0.25, 0.3) is 11.3 Å². The molecule has 0 spiro atoms. The highest BCUT2D eigenvalue weighted by Gasteiger charge is 2.54. The van der Waals surface area contributed by atoms with Crippen molar-refractivity contribution in [2.45, 2.75) is 31.7 Å². The number of nitrogen functional groups attached to an aromatic ring is 1. The fourth-order valence-corrected chi connectivity index (χ4v) is 4.16. The van der Waals surface area contributed by atoms with Gasteiger partial charge in [-0.2, -0.15) is 0 Å². The Morgan fingerprint density at radius 3 is 2.67 bits per heavy atom. The molecule has 3 aliphatic rings. The molecule has 3 N–H and O–H groups in total. The summed E-state index contributed by atoms with van der Waals surface area (Å²) in [4.78, 5) is 8.60. The van der Waals surface area contributed by atoms with Gasteiger partial charge in [-0.05, 0) is 36.7 Å². The third-order valence-corrected chi connectivity index (χ3v) is 5.75. The summed E-state index contributed by atoms with van der Waals surface area (Å²) in [6.07, 6.45) is 1.93. The van der Waals surface area contributed by atoms with Gasteiger partial charge >= 0.3 is 6.36 Å². The molecule has 27 heavy (non-hydrogen) atoms. The number of nitrogens with zero attached hydrogens (tertiary/aromatic N) is 3. The minimum Gasteiger partial charge on any atom is -0.402 e. The number of halogens is 3. The second kappa shape index (κ2) is 5.85. The van der Waals surface area contributed by atoms with Crippen LogP contribution >= 0.6 is 0 Å². The van der Waals surface area contributed by atoms with E-state index in [1.54, 1.807) is 0 Å². The average Bonchev–Trinajstić information content (AvgIpc) is 3.43. The number of pyridine rings is 1. The minimum absolute atomic E-state index is 0.295. The van der Waals surface area contributed by atoms with E-state index in [-0.39, 0.29) is 5.82 Å². The average molecular weight is 379 g/mol. The molecular weight excluding hydrogens is 359 g/mol. The second-order valence-electron chi connectivity index (χ2n) is 7.73. The van der Waals surface area contributed by atoms with Crippen molar-refractivity contribution in [2.75, 3.05) is 18.8 Å². The van der Waals surface area contributed by atoms with E-state index in [9.17, 15) is 13.2 Å². The summed E-state index contributed by atoms with van der Waals surface area (Å²) in [6.45, 7) is 2.03. The molecule has 3 atom stereocenters. The van der Waals surface area contributed by atoms with Gasteiger partial charge in [0.2, 0.25) is 0 Å². The Balaban J connectivity index is 1.48. The summed E-state index contributed by atoms with van der Waals surface area (Å²) in [6, 6.07) is 1.70. The molecular formula is C18H20F3N5O. The number of hydrogen-bond donors (Lipinski definition) is 2. The van der Waals surface area contributed by atoms with Crippen LogP contribution in [0.15, 0.2) is 18.5 Å². The highest BCUT2D eigenvalue weighted by atomic mass is 19.4. The number of hydrogen-bond acceptors (Lipinski definition) is 5. The lowest BCUT2D eigenvalue weighted by atomic mass is 10.2. The number of nitrogens with two attached hydrogens (primary N) is 1. The predicted octanol–water partition coefficient (Wildman–Crippen LogP) is 2.77. The summed E-state index contributed by atoms with van der Waals surface area (Å²) in [5, 5.41) is 3.39. The normalized spacial score (nSPS) is 26.9. The van der Waals surface area contributed by atoms with Crippen LogP contribution in [-0.2, 0) is 6.42 Å². The van der Waals surface area contributed by atoms with E-state index in [1.807, 2.05) is 6.20 Å². The molecule has 2 aliphatic carbocycles. The first kappa shape index (κ1) is 16.9. The molecule has 9 heteroatoms. The summed E-state index contributed by atoms with van der Waals surface area (Å²) >= 11 is 0. The van der Waals surface area contributed by atoms with Crippen LogP contribution in [0.5, 0.6) is 5.75 Å². The van der Waals surface area contributed by atoms with Gasteiger partial charge in [-0.3, -0.25) is 0 Å². The van der Waals surface area contributed by atoms with E-state index in [4.69, 9.17) is 10.7 Å². The minimum atomic E-state index is -4.82. The van der Waals surface area contributed by atoms with Crippen molar-refractivity contribution in [1.82, 2.24) is 19.9 Å². The van der Waals surface area contributed by atoms with E-state index in [0.29, 0.717) is 35.1 Å². The molecule has 2 aromatic heterocycles. The van der Waals surface area contributed by atoms with Crippen LogP contribution in [0.2, 0.25) is 0 Å². The Kier molecular flexibility index (Phi) is 3.65. The Labute approximate surface area is 153 Å². The van der Waals surface area contributed by atoms with Crippen LogP contribution in [0.1, 0.15) is 24.7 Å². The number of rotatable bonds is 5. The molecule has 2 aromatic rings. The van der Waals surface area contributed by atoms with Crippen molar-refractivity contribution in [2.24, 2.45) is 17.8 Å². The van der Waals surface area contributed by atoms with Crippen LogP contribution in [-0.4, -0.2) is 34.0 Å². The van der Waals surface area contributed by atoms with Gasteiger partial charge in [-0.25, -0.2) is 9.97 Å². The highest BCUT2D eigenvalue weighted by Crippen LogP contribution is 2.53. The van der Waals surface area contributed by atoms with Gasteiger partial charge < -0.3 is 20.4 Å². The van der Waals surface area contributed by atoms with Crippen molar-refractivity contribution in [3.8, 4) is 17.0 Å². The van der Waals surface area contributed by atoms with Gasteiger partial charge in [0.25, 0.3) is 0 Å². The molecule has 0 radical (unpaired) electrons. The van der Waals surface area contributed by atoms with E-state index in [1.165, 1.54) is 25.1 Å². The fraction of sp³-hybridized carbons (Fsp3) is 0.556. The molecule has 5 rings (SSSR count). The maximum absolute atomic E-state index is 12.6. The summed E-state index contributed by atoms with van der Waals surface area (Å²) in [5.74, 6) is 2.14. The molecule has 0 bridgehead atoms. The third-order valence-electron chi connectivity index (χ3n) is 5.75. The summed E-state index contributed by atoms with van der Waals surface area (Å²) < 4.78 is 44.0. The second-order valence-corrected chi connectivity index (χ2v) is 7.73. The number of fused-ring (bicyclic) bond motifs is 1. The van der Waals surface area contributed by atoms with Crippen molar-refractivity contribution < 1.29 is 17.9 Å². The molecule has 2 saturated carbocycles. The molecule has 1 saturated heterocycles. The lowest BCUT2D eigenvalue weighted by molar-refractivity contribution is -0.274. The van der Waals surface area contributed by atoms with Gasteiger partial charge in [0.1, 0.15) is 5.82 Å². The van der Waals surface area contributed by atoms with Crippen LogP contribution < -0.4 is 15.8 Å². The maximum Gasteiger partial charge on any atom is 0.573 e. The van der Waals surface area contributed by atoms with Gasteiger partial charge in [0, 0.05) is 43.5 Å². The molecule has 3 heterocycles. The number of imidazole rings is 1. The van der Waals surface area contributed by atoms with E-state index in [2.05, 4.69) is 19.6 Å². The van der Waals surface area contributed by atoms with Crippen molar-refractivity contribution >= 4 is 5.82 Å². The topological polar surface area (TPSA) is 78.0 Å². The summed E-state index contributed by atoms with van der Waals surface area (Å²) in [7, 11) is 0. The van der Waals surface area contributed by atoms with Crippen LogP contribution in [0.4, 0.5) is 19.0 Å². The molecule has 3 fully saturated rings. The smallest absolute Gasteiger partial charge is 0.402 e. The zero-order valence-corrected chi connectivity index (χ0v) is 14.5. The van der Waals surface area contributed by atoms with E-state index >= 15 is 0 Å². The largest absolute Gasteiger partial charge is 0.573 e. The Bertz CT molecular complexity index is 866. The number of alkyl halides is 3. The molecule has 6 nitrogen and oxygen atoms in total. The number of ether oxygens (including phenoxy) is 1. The first-order valence-corrected chi connectivity index (χ1v) is 9.19. The van der Waals surface area contributed by atoms with Crippen molar-refractivity contribution in [3.63, 3.8) is 0 Å². The summed E-state index contributed by atoms with van der Waals surface area (Å²) in [5.41, 5.74) is 6.62. The molecule has 0 aromatic carbocycles. The van der Waals surface area contributed by atoms with Crippen molar-refractivity contribution in [3.05, 3.63) is 24.3 Å². The van der Waals surface area contributed by atoms with Crippen LogP contribution in [0, 0.1) is 17.8 Å². The highest BCUT2D eigenvalue weighted by molar-refractivity contribution is 5.64. The fourth-order valence-electron chi connectivity index (χ4n) is 4.16. The zero-order valence-electron chi connectivity index (χ0n) is 14.5. The maximum atomic E-state index is 12.6. The molecule has 144 valence electrons. The molecule has 0 amide bonds. The Morgan fingerprint density at radius 2 is 2.00 bits per heavy atom. The molecule has 2 unspecified atom stereocenters. The van der Waals surface area contributed by atoms with E-state index < -0.39 is 12.1 Å².